The van der Waals surface area contributed by atoms with E-state index < -0.39 is 0 Å². The number of thioether (sulfide) groups is 1. The van der Waals surface area contributed by atoms with E-state index in [1.54, 1.807) is 16.1 Å². The van der Waals surface area contributed by atoms with Crippen LogP contribution in [0.25, 0.3) is 21.7 Å². The van der Waals surface area contributed by atoms with Crippen LogP contribution in [0, 0.1) is 17.8 Å². The molecule has 0 aliphatic carbocycles. The van der Waals surface area contributed by atoms with Gasteiger partial charge in [-0.3, -0.25) is 18.7 Å². The third-order valence-electron chi connectivity index (χ3n) is 5.20. The molecular weight excluding hydrogens is 519 g/mol. The second kappa shape index (κ2) is 9.86. The summed E-state index contributed by atoms with van der Waals surface area (Å²) in [6.07, 6.45) is 1.63. The molecule has 7 nitrogen and oxygen atoms in total. The lowest BCUT2D eigenvalue weighted by Crippen LogP contribution is -2.22. The van der Waals surface area contributed by atoms with Gasteiger partial charge in [-0.05, 0) is 49.8 Å². The van der Waals surface area contributed by atoms with Gasteiger partial charge >= 0.3 is 0 Å². The Morgan fingerprint density at radius 1 is 1.14 bits per heavy atom. The molecule has 3 heterocycles. The van der Waals surface area contributed by atoms with E-state index in [0.717, 1.165) is 16.8 Å². The smallest absolute Gasteiger partial charge is 0.278 e. The first-order chi connectivity index (χ1) is 16.9. The van der Waals surface area contributed by atoms with Crippen molar-refractivity contribution >= 4 is 68.0 Å². The summed E-state index contributed by atoms with van der Waals surface area (Å²) in [5.41, 5.74) is 4.00. The van der Waals surface area contributed by atoms with E-state index >= 15 is 0 Å². The number of aromatic nitrogens is 4. The summed E-state index contributed by atoms with van der Waals surface area (Å²) in [6, 6.07) is 15.4. The van der Waals surface area contributed by atoms with Crippen LogP contribution in [0.5, 0.6) is 0 Å². The van der Waals surface area contributed by atoms with E-state index in [-0.39, 0.29) is 17.2 Å². The van der Waals surface area contributed by atoms with Gasteiger partial charge in [0, 0.05) is 11.6 Å². The van der Waals surface area contributed by atoms with Gasteiger partial charge in [-0.25, -0.2) is 9.97 Å². The van der Waals surface area contributed by atoms with Crippen LogP contribution in [-0.4, -0.2) is 30.8 Å². The molecule has 35 heavy (non-hydrogen) atoms. The Labute approximate surface area is 218 Å². The number of nitrogens with one attached hydrogen (secondary N) is 1. The Hall–Kier alpha value is -3.12. The Bertz CT molecular complexity index is 1650. The van der Waals surface area contributed by atoms with E-state index in [1.807, 2.05) is 60.9 Å². The number of carbonyl (C=O) groups is 1. The van der Waals surface area contributed by atoms with Gasteiger partial charge in [0.15, 0.2) is 19.9 Å². The summed E-state index contributed by atoms with van der Waals surface area (Å²) in [5.74, 6) is -0.158. The van der Waals surface area contributed by atoms with Crippen LogP contribution in [-0.2, 0) is 4.79 Å². The number of hydrogen-bond donors (Lipinski definition) is 1. The fourth-order valence-corrected chi connectivity index (χ4v) is 6.31. The number of hydrogen-bond acceptors (Lipinski definition) is 8. The highest BCUT2D eigenvalue weighted by molar-refractivity contribution is 7.99. The molecule has 0 saturated heterocycles. The van der Waals surface area contributed by atoms with Crippen LogP contribution in [0.15, 0.2) is 70.1 Å². The van der Waals surface area contributed by atoms with Crippen molar-refractivity contribution < 1.29 is 4.79 Å². The Balaban J connectivity index is 1.65. The van der Waals surface area contributed by atoms with Crippen LogP contribution in [0.1, 0.15) is 11.1 Å². The minimum atomic E-state index is -0.226. The average molecular weight is 538 g/mol. The van der Waals surface area contributed by atoms with E-state index in [0.29, 0.717) is 30.3 Å². The van der Waals surface area contributed by atoms with Gasteiger partial charge in [0.2, 0.25) is 5.91 Å². The number of benzene rings is 2. The van der Waals surface area contributed by atoms with Gasteiger partial charge < -0.3 is 5.32 Å². The third-order valence-corrected chi connectivity index (χ3v) is 8.17. The predicted molar refractivity (Wildman–Crippen MR) is 146 cm³/mol. The van der Waals surface area contributed by atoms with Crippen molar-refractivity contribution in [1.29, 1.82) is 0 Å². The SMILES string of the molecule is Cc1ccc(-n2c(=S)sc3c(=O)n(-c4ccccc4)c(SCC(=O)Nc4nccs4)nc32)c(C)c1. The second-order valence-electron chi connectivity index (χ2n) is 7.69. The van der Waals surface area contributed by atoms with Gasteiger partial charge in [-0.15, -0.1) is 11.3 Å². The number of anilines is 1. The molecule has 0 aliphatic rings. The first-order valence-corrected chi connectivity index (χ1v) is 13.6. The molecule has 1 amide bonds. The molecule has 0 spiro atoms. The number of para-hydroxylation sites is 1. The monoisotopic (exact) mass is 537 g/mol. The van der Waals surface area contributed by atoms with Crippen molar-refractivity contribution in [3.63, 3.8) is 0 Å². The molecule has 0 unspecified atom stereocenters. The summed E-state index contributed by atoms with van der Waals surface area (Å²) in [7, 11) is 0. The molecule has 11 heteroatoms. The van der Waals surface area contributed by atoms with Gasteiger partial charge in [0.05, 0.1) is 17.1 Å². The zero-order valence-corrected chi connectivity index (χ0v) is 22.0. The molecule has 1 N–H and O–H groups in total. The van der Waals surface area contributed by atoms with Crippen LogP contribution < -0.4 is 10.9 Å². The van der Waals surface area contributed by atoms with Crippen LogP contribution in [0.2, 0.25) is 0 Å². The molecule has 0 radical (unpaired) electrons. The van der Waals surface area contributed by atoms with E-state index in [2.05, 4.69) is 16.4 Å². The minimum Gasteiger partial charge on any atom is -0.301 e. The molecule has 0 fully saturated rings. The lowest BCUT2D eigenvalue weighted by Gasteiger charge is -2.13. The molecule has 5 rings (SSSR count). The normalized spacial score (nSPS) is 11.1. The van der Waals surface area contributed by atoms with Crippen molar-refractivity contribution in [3.05, 3.63) is 85.5 Å². The summed E-state index contributed by atoms with van der Waals surface area (Å²) in [6.45, 7) is 4.04. The first-order valence-electron chi connectivity index (χ1n) is 10.6. The molecule has 2 aromatic carbocycles. The lowest BCUT2D eigenvalue weighted by atomic mass is 10.1. The van der Waals surface area contributed by atoms with Crippen LogP contribution in [0.3, 0.4) is 0 Å². The number of nitrogens with zero attached hydrogens (tertiary/aromatic N) is 4. The molecule has 5 aromatic rings. The topological polar surface area (TPSA) is 81.8 Å². The maximum atomic E-state index is 13.7. The molecule has 176 valence electrons. The average Bonchev–Trinajstić information content (AvgIpc) is 3.46. The lowest BCUT2D eigenvalue weighted by molar-refractivity contribution is -0.113. The molecule has 0 aliphatic heterocycles. The quantitative estimate of drug-likeness (QED) is 0.168. The molecule has 0 atom stereocenters. The summed E-state index contributed by atoms with van der Waals surface area (Å²) in [5, 5.41) is 5.50. The van der Waals surface area contributed by atoms with Gasteiger partial charge in [0.1, 0.15) is 4.70 Å². The van der Waals surface area contributed by atoms with E-state index in [1.165, 1.54) is 34.4 Å². The summed E-state index contributed by atoms with van der Waals surface area (Å²) >= 11 is 9.46. The Morgan fingerprint density at radius 3 is 2.66 bits per heavy atom. The largest absolute Gasteiger partial charge is 0.301 e. The number of fused-ring (bicyclic) bond motifs is 1. The number of amides is 1. The number of carbonyl (C=O) groups excluding carboxylic acids is 1. The molecule has 3 aromatic heterocycles. The molecular formula is C24H19N5O2S4. The van der Waals surface area contributed by atoms with E-state index in [4.69, 9.17) is 17.2 Å². The third kappa shape index (κ3) is 4.72. The highest BCUT2D eigenvalue weighted by Crippen LogP contribution is 2.29. The number of thiazole rings is 2. The van der Waals surface area contributed by atoms with Gasteiger partial charge in [-0.1, -0.05) is 59.0 Å². The fourth-order valence-electron chi connectivity index (χ4n) is 3.68. The number of rotatable bonds is 6. The Kier molecular flexibility index (Phi) is 6.65. The first kappa shape index (κ1) is 23.6. The van der Waals surface area contributed by atoms with E-state index in [9.17, 15) is 9.59 Å². The van der Waals surface area contributed by atoms with Crippen molar-refractivity contribution in [2.75, 3.05) is 11.1 Å². The van der Waals surface area contributed by atoms with Crippen molar-refractivity contribution in [2.45, 2.75) is 19.0 Å². The summed E-state index contributed by atoms with van der Waals surface area (Å²) in [4.78, 5) is 35.3. The zero-order valence-electron chi connectivity index (χ0n) is 18.7. The van der Waals surface area contributed by atoms with Gasteiger partial charge in [0.25, 0.3) is 5.56 Å². The fraction of sp³-hybridized carbons (Fsp3) is 0.125. The maximum Gasteiger partial charge on any atom is 0.278 e. The second-order valence-corrected chi connectivity index (χ2v) is 11.2. The van der Waals surface area contributed by atoms with Crippen LogP contribution in [0.4, 0.5) is 5.13 Å². The van der Waals surface area contributed by atoms with Crippen molar-refractivity contribution in [2.24, 2.45) is 0 Å². The van der Waals surface area contributed by atoms with Crippen LogP contribution >= 0.6 is 46.7 Å². The maximum absolute atomic E-state index is 13.7. The molecule has 0 saturated carbocycles. The highest BCUT2D eigenvalue weighted by atomic mass is 32.2. The van der Waals surface area contributed by atoms with Gasteiger partial charge in [-0.2, -0.15) is 0 Å². The highest BCUT2D eigenvalue weighted by Gasteiger charge is 2.20. The predicted octanol–water partition coefficient (Wildman–Crippen LogP) is 5.77. The summed E-state index contributed by atoms with van der Waals surface area (Å²) < 4.78 is 4.40. The zero-order chi connectivity index (χ0) is 24.5. The molecule has 0 bridgehead atoms. The number of aryl methyl sites for hydroxylation is 2. The van der Waals surface area contributed by atoms with Crippen molar-refractivity contribution in [1.82, 2.24) is 19.1 Å². The Morgan fingerprint density at radius 2 is 1.94 bits per heavy atom. The standard InChI is InChI=1S/C24H19N5O2S4/c1-14-8-9-17(15(2)12-14)29-20-19(35-24(29)32)21(31)28(16-6-4-3-5-7-16)23(27-20)34-13-18(30)26-22-25-10-11-33-22/h3-12H,13H2,1-2H3,(H,25,26,30). The van der Waals surface area contributed by atoms with Crippen molar-refractivity contribution in [3.8, 4) is 11.4 Å². The minimum absolute atomic E-state index is 0.0682.